The second-order valence-electron chi connectivity index (χ2n) is 3.70. The van der Waals surface area contributed by atoms with Gasteiger partial charge >= 0.3 is 0 Å². The van der Waals surface area contributed by atoms with Gasteiger partial charge in [0.1, 0.15) is 5.82 Å². The summed E-state index contributed by atoms with van der Waals surface area (Å²) < 4.78 is 12.6. The van der Waals surface area contributed by atoms with Crippen LogP contribution in [0.15, 0.2) is 24.3 Å². The van der Waals surface area contributed by atoms with E-state index in [0.717, 1.165) is 12.1 Å². The van der Waals surface area contributed by atoms with Crippen molar-refractivity contribution in [2.45, 2.75) is 19.4 Å². The van der Waals surface area contributed by atoms with E-state index in [-0.39, 0.29) is 11.7 Å². The van der Waals surface area contributed by atoms with Gasteiger partial charge in [-0.15, -0.1) is 0 Å². The third-order valence-electron chi connectivity index (χ3n) is 2.45. The minimum atomic E-state index is -0.263. The fraction of sp³-hybridized carbons (Fsp3) is 0.364. The largest absolute Gasteiger partial charge is 0.336 e. The highest BCUT2D eigenvalue weighted by molar-refractivity contribution is 5.81. The summed E-state index contributed by atoms with van der Waals surface area (Å²) in [7, 11) is 0. The van der Waals surface area contributed by atoms with E-state index in [2.05, 4.69) is 0 Å². The zero-order valence-corrected chi connectivity index (χ0v) is 8.03. The Morgan fingerprint density at radius 2 is 2.07 bits per heavy atom. The topological polar surface area (TPSA) is 20.1 Å². The Morgan fingerprint density at radius 3 is 2.57 bits per heavy atom. The number of rotatable bonds is 2. The first-order chi connectivity index (χ1) is 6.66. The molecule has 74 valence electrons. The van der Waals surface area contributed by atoms with E-state index in [1.165, 1.54) is 12.1 Å². The second kappa shape index (κ2) is 3.40. The molecule has 0 spiro atoms. The first kappa shape index (κ1) is 9.19. The van der Waals surface area contributed by atoms with Crippen LogP contribution in [0.25, 0.3) is 0 Å². The maximum Gasteiger partial charge on any atom is 0.227 e. The van der Waals surface area contributed by atoms with Gasteiger partial charge in [-0.3, -0.25) is 4.79 Å². The fourth-order valence-corrected chi connectivity index (χ4v) is 1.46. The molecule has 1 heterocycles. The monoisotopic (exact) mass is 193 g/mol. The molecule has 0 aliphatic carbocycles. The molecule has 1 unspecified atom stereocenters. The molecule has 1 aliphatic heterocycles. The molecule has 1 aromatic rings. The van der Waals surface area contributed by atoms with E-state index < -0.39 is 0 Å². The molecule has 1 saturated heterocycles. The van der Waals surface area contributed by atoms with Crippen molar-refractivity contribution in [1.82, 2.24) is 4.90 Å². The Bertz CT molecular complexity index is 347. The van der Waals surface area contributed by atoms with E-state index in [9.17, 15) is 9.18 Å². The van der Waals surface area contributed by atoms with E-state index >= 15 is 0 Å². The van der Waals surface area contributed by atoms with Crippen LogP contribution in [0, 0.1) is 5.82 Å². The van der Waals surface area contributed by atoms with Gasteiger partial charge in [0.05, 0.1) is 6.42 Å². The lowest BCUT2D eigenvalue weighted by molar-refractivity contribution is -0.125. The number of carbonyl (C=O) groups is 1. The summed E-state index contributed by atoms with van der Waals surface area (Å²) in [4.78, 5) is 13.3. The Balaban J connectivity index is 1.97. The Morgan fingerprint density at radius 1 is 1.50 bits per heavy atom. The van der Waals surface area contributed by atoms with Crippen molar-refractivity contribution < 1.29 is 9.18 Å². The van der Waals surface area contributed by atoms with Gasteiger partial charge in [0.15, 0.2) is 0 Å². The number of benzene rings is 1. The summed E-state index contributed by atoms with van der Waals surface area (Å²) in [6.07, 6.45) is 0.380. The van der Waals surface area contributed by atoms with Crippen LogP contribution in [-0.2, 0) is 11.2 Å². The summed E-state index contributed by atoms with van der Waals surface area (Å²) >= 11 is 0. The number of halogens is 1. The summed E-state index contributed by atoms with van der Waals surface area (Å²) in [5.41, 5.74) is 0.871. The van der Waals surface area contributed by atoms with Gasteiger partial charge in [0, 0.05) is 12.6 Å². The smallest absolute Gasteiger partial charge is 0.227 e. The lowest BCUT2D eigenvalue weighted by Crippen LogP contribution is -2.14. The van der Waals surface area contributed by atoms with Crippen molar-refractivity contribution in [2.24, 2.45) is 0 Å². The quantitative estimate of drug-likeness (QED) is 0.653. The summed E-state index contributed by atoms with van der Waals surface area (Å²) in [5, 5.41) is 0. The van der Waals surface area contributed by atoms with Crippen molar-refractivity contribution >= 4 is 5.91 Å². The molecule has 1 atom stereocenters. The molecule has 0 radical (unpaired) electrons. The Kier molecular flexibility index (Phi) is 2.23. The van der Waals surface area contributed by atoms with Gasteiger partial charge in [-0.05, 0) is 24.6 Å². The fourth-order valence-electron chi connectivity index (χ4n) is 1.46. The highest BCUT2D eigenvalue weighted by Gasteiger charge is 2.33. The van der Waals surface area contributed by atoms with Crippen LogP contribution < -0.4 is 0 Å². The van der Waals surface area contributed by atoms with Crippen molar-refractivity contribution in [3.63, 3.8) is 0 Å². The maximum absolute atomic E-state index is 12.6. The lowest BCUT2D eigenvalue weighted by Gasteiger charge is -2.02. The normalized spacial score (nSPS) is 19.6. The van der Waals surface area contributed by atoms with E-state index in [1.54, 1.807) is 12.1 Å². The van der Waals surface area contributed by atoms with Crippen LogP contribution in [-0.4, -0.2) is 23.4 Å². The molecule has 14 heavy (non-hydrogen) atoms. The van der Waals surface area contributed by atoms with E-state index in [1.807, 2.05) is 11.8 Å². The molecule has 0 N–H and O–H groups in total. The molecule has 0 saturated carbocycles. The predicted molar refractivity (Wildman–Crippen MR) is 51.3 cm³/mol. The van der Waals surface area contributed by atoms with Crippen molar-refractivity contribution in [2.75, 3.05) is 6.54 Å². The van der Waals surface area contributed by atoms with Crippen LogP contribution in [0.4, 0.5) is 4.39 Å². The Hall–Kier alpha value is -1.38. The molecular weight excluding hydrogens is 181 g/mol. The summed E-state index contributed by atoms with van der Waals surface area (Å²) in [6.45, 7) is 2.88. The number of amides is 1. The molecule has 1 aliphatic rings. The zero-order chi connectivity index (χ0) is 10.1. The summed E-state index contributed by atoms with van der Waals surface area (Å²) in [6, 6.07) is 6.47. The van der Waals surface area contributed by atoms with E-state index in [0.29, 0.717) is 12.5 Å². The van der Waals surface area contributed by atoms with Crippen LogP contribution in [0.1, 0.15) is 12.5 Å². The maximum atomic E-state index is 12.6. The van der Waals surface area contributed by atoms with Crippen molar-refractivity contribution in [3.05, 3.63) is 35.6 Å². The lowest BCUT2D eigenvalue weighted by atomic mass is 10.1. The average molecular weight is 193 g/mol. The highest BCUT2D eigenvalue weighted by Crippen LogP contribution is 2.17. The van der Waals surface area contributed by atoms with Gasteiger partial charge in [-0.25, -0.2) is 4.39 Å². The van der Waals surface area contributed by atoms with Gasteiger partial charge in [-0.1, -0.05) is 12.1 Å². The first-order valence-corrected chi connectivity index (χ1v) is 4.71. The first-order valence-electron chi connectivity index (χ1n) is 4.71. The van der Waals surface area contributed by atoms with Gasteiger partial charge in [0.2, 0.25) is 5.91 Å². The second-order valence-corrected chi connectivity index (χ2v) is 3.70. The summed E-state index contributed by atoms with van der Waals surface area (Å²) in [5.74, 6) is -0.134. The van der Waals surface area contributed by atoms with E-state index in [4.69, 9.17) is 0 Å². The van der Waals surface area contributed by atoms with Crippen molar-refractivity contribution in [1.29, 1.82) is 0 Å². The van der Waals surface area contributed by atoms with Crippen LogP contribution >= 0.6 is 0 Å². The third kappa shape index (κ3) is 1.92. The van der Waals surface area contributed by atoms with Crippen LogP contribution in [0.5, 0.6) is 0 Å². The molecule has 3 heteroatoms. The van der Waals surface area contributed by atoms with Crippen molar-refractivity contribution in [3.8, 4) is 0 Å². The molecule has 0 aromatic heterocycles. The third-order valence-corrected chi connectivity index (χ3v) is 2.45. The molecule has 1 aromatic carbocycles. The minimum Gasteiger partial charge on any atom is -0.336 e. The minimum absolute atomic E-state index is 0.129. The molecule has 1 fully saturated rings. The molecule has 0 bridgehead atoms. The molecule has 2 nitrogen and oxygen atoms in total. The number of nitrogens with zero attached hydrogens (tertiary/aromatic N) is 1. The van der Waals surface area contributed by atoms with Crippen LogP contribution in [0.3, 0.4) is 0 Å². The number of hydrogen-bond donors (Lipinski definition) is 0. The van der Waals surface area contributed by atoms with Gasteiger partial charge in [0.25, 0.3) is 0 Å². The standard InChI is InChI=1S/C11H12FNO/c1-8-7-13(8)11(14)6-9-2-4-10(12)5-3-9/h2-5,8H,6-7H2,1H3. The zero-order valence-electron chi connectivity index (χ0n) is 8.03. The highest BCUT2D eigenvalue weighted by atomic mass is 19.1. The number of carbonyl (C=O) groups excluding carboxylic acids is 1. The molecular formula is C11H12FNO. The average Bonchev–Trinajstić information content (AvgIpc) is 2.87. The van der Waals surface area contributed by atoms with Gasteiger partial charge in [-0.2, -0.15) is 0 Å². The molecule has 2 rings (SSSR count). The van der Waals surface area contributed by atoms with Gasteiger partial charge < -0.3 is 4.90 Å². The predicted octanol–water partition coefficient (Wildman–Crippen LogP) is 1.60. The number of hydrogen-bond acceptors (Lipinski definition) is 1. The SMILES string of the molecule is CC1CN1C(=O)Cc1ccc(F)cc1. The van der Waals surface area contributed by atoms with Crippen LogP contribution in [0.2, 0.25) is 0 Å². The Labute approximate surface area is 82.3 Å². The molecule has 1 amide bonds.